The van der Waals surface area contributed by atoms with Gasteiger partial charge >= 0.3 is 37.3 Å². The predicted octanol–water partition coefficient (Wildman–Crippen LogP) is 0.405. The first kappa shape index (κ1) is 36.1. The molecule has 1 aromatic carbocycles. The zero-order valence-corrected chi connectivity index (χ0v) is 21.1. The first-order valence-electron chi connectivity index (χ1n) is 11.1. The Bertz CT molecular complexity index is 833. The summed E-state index contributed by atoms with van der Waals surface area (Å²) in [5, 5.41) is 8.93. The molecule has 1 aromatic rings. The number of ether oxygens (including phenoxy) is 2. The van der Waals surface area contributed by atoms with Gasteiger partial charge in [0.2, 0.25) is 0 Å². The minimum Gasteiger partial charge on any atom is -1.00 e. The Balaban J connectivity index is 0. The Morgan fingerprint density at radius 2 is 1.51 bits per heavy atom. The molecule has 2 aliphatic heterocycles. The molecular weight excluding hydrogens is 516 g/mol. The Labute approximate surface area is 237 Å². The number of halogens is 6. The monoisotopic (exact) mass is 552 g/mol. The van der Waals surface area contributed by atoms with E-state index in [9.17, 15) is 31.1 Å². The number of aliphatic hydroxyl groups is 1. The van der Waals surface area contributed by atoms with E-state index in [0.29, 0.717) is 0 Å². The summed E-state index contributed by atoms with van der Waals surface area (Å²) in [5.74, 6) is -3.28. The molecule has 208 valence electrons. The second-order valence-corrected chi connectivity index (χ2v) is 9.81. The van der Waals surface area contributed by atoms with E-state index in [1.54, 1.807) is 52.1 Å². The predicted molar refractivity (Wildman–Crippen MR) is 126 cm³/mol. The van der Waals surface area contributed by atoms with Crippen LogP contribution in [0, 0.1) is 11.8 Å². The molecule has 1 N–H and O–H groups in total. The number of alkyl halides is 6. The average molecular weight is 552 g/mol. The first-order valence-corrected chi connectivity index (χ1v) is 11.1. The topological polar surface area (TPSA) is 62.2 Å². The summed E-state index contributed by atoms with van der Waals surface area (Å²) in [4.78, 5) is 14.6. The number of carbonyl (C=O) groups excluding carboxylic acids is 1. The Kier molecular flexibility index (Phi) is 14.1. The fourth-order valence-electron chi connectivity index (χ4n) is 3.81. The standard InChI is InChI=1S/C17H22F3NO3.C6H10F3NO.Al.Li.4H/c1-16(2,3)24-15(22)21-9-13(17(18,19)20)14(10-21)23-11-12-7-5-4-6-8-12;1-10-2-4(5(11)3-10)6(7,8)9;;;;;;/h4-8,13-14H,9-11H2,1-3H3;4-5,11H,2-3H2,1H3;;;;;;/q;;;+1;;;;-1/t13-,14?;4-,5?;;;;;;/m11....../s1. The first-order chi connectivity index (χ1) is 16.0. The molecule has 0 aromatic heterocycles. The molecule has 2 heterocycles. The van der Waals surface area contributed by atoms with Crippen molar-refractivity contribution in [2.45, 2.75) is 57.5 Å². The summed E-state index contributed by atoms with van der Waals surface area (Å²) in [6.45, 7) is 4.53. The fraction of sp³-hybridized carbons (Fsp3) is 0.696. The van der Waals surface area contributed by atoms with Gasteiger partial charge in [-0.15, -0.1) is 0 Å². The molecule has 0 spiro atoms. The maximum atomic E-state index is 13.3. The normalized spacial score (nSPS) is 24.5. The van der Waals surface area contributed by atoms with Crippen LogP contribution in [-0.2, 0) is 16.1 Å². The number of benzene rings is 1. The van der Waals surface area contributed by atoms with Gasteiger partial charge in [0.25, 0.3) is 0 Å². The number of β-amino-alcohol motifs (C(OH)–C–C–N with tert-alkyl or cyclic N) is 1. The van der Waals surface area contributed by atoms with Crippen molar-refractivity contribution in [1.29, 1.82) is 0 Å². The van der Waals surface area contributed by atoms with E-state index >= 15 is 0 Å². The maximum absolute atomic E-state index is 13.3. The Hall–Kier alpha value is -0.920. The van der Waals surface area contributed by atoms with E-state index in [1.165, 1.54) is 4.90 Å². The van der Waals surface area contributed by atoms with Gasteiger partial charge in [0, 0.05) is 19.6 Å². The SMILES string of the molecule is CC(C)(C)OC(=O)N1CC(OCc2ccccc2)[C@H](C(F)(F)F)C1.CN1CC(O)[C@H](C(F)(F)F)C1.[AlH3].[H-].[Li+]. The summed E-state index contributed by atoms with van der Waals surface area (Å²) in [7, 11) is 1.56. The molecule has 14 heteroatoms. The van der Waals surface area contributed by atoms with E-state index in [2.05, 4.69) is 0 Å². The zero-order valence-electron chi connectivity index (χ0n) is 22.1. The zero-order chi connectivity index (χ0) is 26.6. The number of amides is 1. The van der Waals surface area contributed by atoms with E-state index in [1.807, 2.05) is 6.07 Å². The molecule has 6 nitrogen and oxygen atoms in total. The molecule has 2 saturated heterocycles. The van der Waals surface area contributed by atoms with Gasteiger partial charge < -0.3 is 25.8 Å². The minimum atomic E-state index is -4.43. The molecule has 0 saturated carbocycles. The quantitative estimate of drug-likeness (QED) is 0.435. The number of likely N-dealkylation sites (N-methyl/N-ethyl adjacent to an activating group) is 1. The van der Waals surface area contributed by atoms with Crippen LogP contribution in [0.4, 0.5) is 31.1 Å². The van der Waals surface area contributed by atoms with E-state index in [4.69, 9.17) is 14.6 Å². The van der Waals surface area contributed by atoms with Crippen LogP contribution in [0.5, 0.6) is 0 Å². The summed E-state index contributed by atoms with van der Waals surface area (Å²) in [5.41, 5.74) is 0.0301. The second kappa shape index (κ2) is 14.5. The van der Waals surface area contributed by atoms with Crippen LogP contribution in [0.2, 0.25) is 0 Å². The van der Waals surface area contributed by atoms with Crippen molar-refractivity contribution in [3.8, 4) is 0 Å². The van der Waals surface area contributed by atoms with Crippen LogP contribution in [0.15, 0.2) is 30.3 Å². The number of nitrogens with zero attached hydrogens (tertiary/aromatic N) is 2. The van der Waals surface area contributed by atoms with Crippen molar-refractivity contribution in [1.82, 2.24) is 9.80 Å². The van der Waals surface area contributed by atoms with Gasteiger partial charge in [-0.1, -0.05) is 30.3 Å². The number of likely N-dealkylation sites (tertiary alicyclic amines) is 2. The fourth-order valence-corrected chi connectivity index (χ4v) is 3.81. The van der Waals surface area contributed by atoms with Crippen molar-refractivity contribution in [3.63, 3.8) is 0 Å². The van der Waals surface area contributed by atoms with Crippen LogP contribution in [0.3, 0.4) is 0 Å². The van der Waals surface area contributed by atoms with Gasteiger partial charge in [0.05, 0.1) is 31.3 Å². The molecule has 2 unspecified atom stereocenters. The third-order valence-electron chi connectivity index (χ3n) is 5.54. The summed E-state index contributed by atoms with van der Waals surface area (Å²) in [6, 6.07) is 8.97. The van der Waals surface area contributed by atoms with Crippen molar-refractivity contribution < 1.29 is 66.0 Å². The van der Waals surface area contributed by atoms with Crippen LogP contribution >= 0.6 is 0 Å². The number of carbonyl (C=O) groups is 1. The summed E-state index contributed by atoms with van der Waals surface area (Å²) in [6.07, 6.45) is -11.8. The van der Waals surface area contributed by atoms with Crippen LogP contribution < -0.4 is 18.9 Å². The van der Waals surface area contributed by atoms with Crippen molar-refractivity contribution in [2.24, 2.45) is 11.8 Å². The van der Waals surface area contributed by atoms with Crippen LogP contribution in [-0.4, -0.2) is 102 Å². The largest absolute Gasteiger partial charge is 1.00 e. The third kappa shape index (κ3) is 11.8. The average Bonchev–Trinajstić information content (AvgIpc) is 3.29. The van der Waals surface area contributed by atoms with Gasteiger partial charge in [-0.3, -0.25) is 0 Å². The molecular formula is C23H36AlF6LiN2O4. The van der Waals surface area contributed by atoms with Crippen molar-refractivity contribution >= 4 is 23.5 Å². The molecule has 2 aliphatic rings. The number of rotatable bonds is 3. The molecule has 37 heavy (non-hydrogen) atoms. The van der Waals surface area contributed by atoms with Gasteiger partial charge in [-0.2, -0.15) is 26.3 Å². The van der Waals surface area contributed by atoms with E-state index in [0.717, 1.165) is 10.5 Å². The molecule has 0 radical (unpaired) electrons. The smallest absolute Gasteiger partial charge is 1.00 e. The molecule has 2 fully saturated rings. The second-order valence-electron chi connectivity index (χ2n) is 9.81. The number of aliphatic hydroxyl groups excluding tert-OH is 1. The Morgan fingerprint density at radius 1 is 0.973 bits per heavy atom. The molecule has 1 amide bonds. The Morgan fingerprint density at radius 3 is 1.92 bits per heavy atom. The molecule has 0 bridgehead atoms. The van der Waals surface area contributed by atoms with Crippen molar-refractivity contribution in [2.75, 3.05) is 33.2 Å². The van der Waals surface area contributed by atoms with Crippen molar-refractivity contribution in [3.05, 3.63) is 35.9 Å². The van der Waals surface area contributed by atoms with Gasteiger partial charge in [-0.05, 0) is 33.4 Å². The number of hydrogen-bond acceptors (Lipinski definition) is 5. The molecule has 0 aliphatic carbocycles. The number of hydrogen-bond donors (Lipinski definition) is 1. The van der Waals surface area contributed by atoms with Crippen LogP contribution in [0.1, 0.15) is 27.8 Å². The molecule has 4 atom stereocenters. The van der Waals surface area contributed by atoms with E-state index < -0.39 is 54.6 Å². The van der Waals surface area contributed by atoms with Gasteiger partial charge in [0.15, 0.2) is 17.4 Å². The minimum absolute atomic E-state index is 0. The summed E-state index contributed by atoms with van der Waals surface area (Å²) < 4.78 is 86.4. The maximum Gasteiger partial charge on any atom is 1.00 e. The van der Waals surface area contributed by atoms with Gasteiger partial charge in [0.1, 0.15) is 11.5 Å². The third-order valence-corrected chi connectivity index (χ3v) is 5.54. The van der Waals surface area contributed by atoms with Gasteiger partial charge in [-0.25, -0.2) is 4.79 Å². The summed E-state index contributed by atoms with van der Waals surface area (Å²) >= 11 is 0. The van der Waals surface area contributed by atoms with E-state index in [-0.39, 0.29) is 63.9 Å². The van der Waals surface area contributed by atoms with Crippen LogP contribution in [0.25, 0.3) is 0 Å². The molecule has 3 rings (SSSR count).